The topological polar surface area (TPSA) is 13.1 Å². The summed E-state index contributed by atoms with van der Waals surface area (Å²) in [5.41, 5.74) is 9.97. The maximum absolute atomic E-state index is 14.2. The molecule has 5 heteroatoms. The SMILES string of the molecule is Fc1ccc(-n2c3ccccc3c3c4cc(N(c5ccccc5)c5ccc(-c6ccccc6)cc5)ccc4n(-c4ccc(F)cc4)c32)cc1. The fraction of sp³-hybridized carbons (Fsp3) is 0. The van der Waals surface area contributed by atoms with Crippen LogP contribution < -0.4 is 4.90 Å². The lowest BCUT2D eigenvalue weighted by Gasteiger charge is -2.26. The summed E-state index contributed by atoms with van der Waals surface area (Å²) in [5.74, 6) is -0.590. The van der Waals surface area contributed by atoms with Crippen LogP contribution in [0.3, 0.4) is 0 Å². The van der Waals surface area contributed by atoms with Crippen molar-refractivity contribution in [1.82, 2.24) is 9.13 Å². The van der Waals surface area contributed by atoms with Crippen molar-refractivity contribution < 1.29 is 8.78 Å². The van der Waals surface area contributed by atoms with Gasteiger partial charge < -0.3 is 4.90 Å². The Bertz CT molecular complexity index is 2590. The van der Waals surface area contributed by atoms with Crippen LogP contribution in [0.5, 0.6) is 0 Å². The fourth-order valence-electron chi connectivity index (χ4n) is 7.04. The Morgan fingerprint density at radius 3 is 1.51 bits per heavy atom. The molecule has 0 radical (unpaired) electrons. The van der Waals surface area contributed by atoms with Gasteiger partial charge in [-0.2, -0.15) is 0 Å². The Labute approximate surface area is 282 Å². The van der Waals surface area contributed by atoms with E-state index in [1.54, 1.807) is 24.3 Å². The molecule has 0 aliphatic carbocycles. The molecule has 0 unspecified atom stereocenters. The molecule has 9 aromatic rings. The van der Waals surface area contributed by atoms with Crippen molar-refractivity contribution in [3.8, 4) is 22.5 Å². The molecule has 9 rings (SSSR count). The molecule has 0 aliphatic heterocycles. The summed E-state index contributed by atoms with van der Waals surface area (Å²) in [4.78, 5) is 2.27. The second-order valence-corrected chi connectivity index (χ2v) is 12.1. The molecule has 0 fully saturated rings. The number of hydrogen-bond donors (Lipinski definition) is 0. The van der Waals surface area contributed by atoms with Crippen LogP contribution >= 0.6 is 0 Å². The lowest BCUT2D eigenvalue weighted by molar-refractivity contribution is 0.627. The lowest BCUT2D eigenvalue weighted by Crippen LogP contribution is -2.09. The van der Waals surface area contributed by atoms with Gasteiger partial charge in [-0.3, -0.25) is 9.13 Å². The number of anilines is 3. The zero-order valence-electron chi connectivity index (χ0n) is 26.3. The molecule has 0 atom stereocenters. The van der Waals surface area contributed by atoms with Crippen LogP contribution in [0.15, 0.2) is 176 Å². The van der Waals surface area contributed by atoms with Gasteiger partial charge in [0.1, 0.15) is 17.3 Å². The fourth-order valence-corrected chi connectivity index (χ4v) is 7.04. The summed E-state index contributed by atoms with van der Waals surface area (Å²) in [7, 11) is 0. The van der Waals surface area contributed by atoms with E-state index in [0.29, 0.717) is 0 Å². The van der Waals surface area contributed by atoms with Crippen LogP contribution in [0.25, 0.3) is 55.3 Å². The highest BCUT2D eigenvalue weighted by Gasteiger charge is 2.23. The van der Waals surface area contributed by atoms with Gasteiger partial charge in [-0.25, -0.2) is 8.78 Å². The minimum absolute atomic E-state index is 0.294. The highest BCUT2D eigenvalue weighted by molar-refractivity contribution is 6.23. The predicted molar refractivity (Wildman–Crippen MR) is 198 cm³/mol. The largest absolute Gasteiger partial charge is 0.310 e. The molecule has 0 N–H and O–H groups in total. The van der Waals surface area contributed by atoms with Gasteiger partial charge in [-0.15, -0.1) is 0 Å². The van der Waals surface area contributed by atoms with Crippen molar-refractivity contribution in [3.63, 3.8) is 0 Å². The zero-order chi connectivity index (χ0) is 32.9. The van der Waals surface area contributed by atoms with Crippen LogP contribution in [-0.2, 0) is 0 Å². The van der Waals surface area contributed by atoms with E-state index in [2.05, 4.69) is 117 Å². The molecule has 0 bridgehead atoms. The molecular formula is C44H29F2N3. The smallest absolute Gasteiger partial charge is 0.131 e. The standard InChI is InChI=1S/C44H29F2N3/c45-32-17-23-36(24-18-32)48-41-14-8-7-13-39(41)43-40-29-38(27-28-42(40)49(44(43)48)37-25-19-33(46)20-26-37)47(34-11-5-2-6-12-34)35-21-15-31(16-22-35)30-9-3-1-4-10-30/h1-29H. The van der Waals surface area contributed by atoms with Gasteiger partial charge in [0.25, 0.3) is 0 Å². The molecule has 0 spiro atoms. The molecule has 49 heavy (non-hydrogen) atoms. The van der Waals surface area contributed by atoms with Crippen LogP contribution in [0.4, 0.5) is 25.8 Å². The van der Waals surface area contributed by atoms with E-state index in [1.165, 1.54) is 29.8 Å². The first-order valence-electron chi connectivity index (χ1n) is 16.2. The number of para-hydroxylation sites is 2. The number of hydrogen-bond acceptors (Lipinski definition) is 1. The molecule has 7 aromatic carbocycles. The molecule has 0 amide bonds. The Morgan fingerprint density at radius 2 is 0.878 bits per heavy atom. The van der Waals surface area contributed by atoms with E-state index in [0.717, 1.165) is 66.8 Å². The van der Waals surface area contributed by atoms with Crippen molar-refractivity contribution in [2.45, 2.75) is 0 Å². The lowest BCUT2D eigenvalue weighted by atomic mass is 10.0. The first-order chi connectivity index (χ1) is 24.1. The molecule has 234 valence electrons. The van der Waals surface area contributed by atoms with Gasteiger partial charge in [-0.05, 0) is 108 Å². The average molecular weight is 638 g/mol. The quantitative estimate of drug-likeness (QED) is 0.177. The van der Waals surface area contributed by atoms with Gasteiger partial charge in [0.05, 0.1) is 11.0 Å². The van der Waals surface area contributed by atoms with E-state index in [-0.39, 0.29) is 11.6 Å². The Kier molecular flexibility index (Phi) is 6.83. The van der Waals surface area contributed by atoms with E-state index in [9.17, 15) is 8.78 Å². The summed E-state index contributed by atoms with van der Waals surface area (Å²) in [5, 5.41) is 3.19. The van der Waals surface area contributed by atoms with E-state index < -0.39 is 0 Å². The van der Waals surface area contributed by atoms with Crippen LogP contribution in [0.1, 0.15) is 0 Å². The summed E-state index contributed by atoms with van der Waals surface area (Å²) >= 11 is 0. The van der Waals surface area contributed by atoms with Crippen LogP contribution in [0, 0.1) is 11.6 Å². The van der Waals surface area contributed by atoms with Crippen molar-refractivity contribution >= 4 is 49.9 Å². The molecule has 2 heterocycles. The second-order valence-electron chi connectivity index (χ2n) is 12.1. The number of nitrogens with zero attached hydrogens (tertiary/aromatic N) is 3. The third-order valence-corrected chi connectivity index (χ3v) is 9.23. The normalized spacial score (nSPS) is 11.5. The number of halogens is 2. The first kappa shape index (κ1) is 28.7. The average Bonchev–Trinajstić information content (AvgIpc) is 3.66. The van der Waals surface area contributed by atoms with Crippen molar-refractivity contribution in [1.29, 1.82) is 0 Å². The minimum Gasteiger partial charge on any atom is -0.310 e. The van der Waals surface area contributed by atoms with Gasteiger partial charge in [0.15, 0.2) is 0 Å². The van der Waals surface area contributed by atoms with Crippen molar-refractivity contribution in [2.24, 2.45) is 0 Å². The van der Waals surface area contributed by atoms with E-state index >= 15 is 0 Å². The van der Waals surface area contributed by atoms with Crippen LogP contribution in [-0.4, -0.2) is 9.13 Å². The van der Waals surface area contributed by atoms with Gasteiger partial charge in [-0.1, -0.05) is 78.9 Å². The number of aromatic nitrogens is 2. The third kappa shape index (κ3) is 4.86. The van der Waals surface area contributed by atoms with Crippen molar-refractivity contribution in [3.05, 3.63) is 188 Å². The van der Waals surface area contributed by atoms with Gasteiger partial charge in [0, 0.05) is 44.6 Å². The Morgan fingerprint density at radius 1 is 0.388 bits per heavy atom. The van der Waals surface area contributed by atoms with Crippen molar-refractivity contribution in [2.75, 3.05) is 4.90 Å². The minimum atomic E-state index is -0.297. The summed E-state index contributed by atoms with van der Waals surface area (Å²) in [6.45, 7) is 0. The summed E-state index contributed by atoms with van der Waals surface area (Å²) in [6, 6.07) is 57.4. The molecule has 0 saturated carbocycles. The Balaban J connectivity index is 1.33. The second kappa shape index (κ2) is 11.7. The highest BCUT2D eigenvalue weighted by Crippen LogP contribution is 2.44. The maximum atomic E-state index is 14.2. The molecular weight excluding hydrogens is 609 g/mol. The van der Waals surface area contributed by atoms with Crippen LogP contribution in [0.2, 0.25) is 0 Å². The van der Waals surface area contributed by atoms with E-state index in [1.807, 2.05) is 24.3 Å². The molecule has 0 saturated heterocycles. The monoisotopic (exact) mass is 637 g/mol. The summed E-state index contributed by atoms with van der Waals surface area (Å²) in [6.07, 6.45) is 0. The van der Waals surface area contributed by atoms with Gasteiger partial charge >= 0.3 is 0 Å². The Hall–Kier alpha value is -6.46. The summed E-state index contributed by atoms with van der Waals surface area (Å²) < 4.78 is 32.7. The maximum Gasteiger partial charge on any atom is 0.131 e. The number of benzene rings is 7. The zero-order valence-corrected chi connectivity index (χ0v) is 26.3. The third-order valence-electron chi connectivity index (χ3n) is 9.23. The molecule has 2 aromatic heterocycles. The molecule has 3 nitrogen and oxygen atoms in total. The first-order valence-corrected chi connectivity index (χ1v) is 16.2. The van der Waals surface area contributed by atoms with Gasteiger partial charge in [0.2, 0.25) is 0 Å². The van der Waals surface area contributed by atoms with E-state index in [4.69, 9.17) is 0 Å². The highest BCUT2D eigenvalue weighted by atomic mass is 19.1. The number of fused-ring (bicyclic) bond motifs is 5. The molecule has 0 aliphatic rings. The number of rotatable bonds is 6. The predicted octanol–water partition coefficient (Wildman–Crippen LogP) is 12.1.